The van der Waals surface area contributed by atoms with Gasteiger partial charge < -0.3 is 14.4 Å². The van der Waals surface area contributed by atoms with Crippen LogP contribution < -0.4 is 4.90 Å². The monoisotopic (exact) mass is 486 g/mol. The van der Waals surface area contributed by atoms with E-state index < -0.39 is 0 Å². The highest BCUT2D eigenvalue weighted by Gasteiger charge is 2.40. The quantitative estimate of drug-likeness (QED) is 0.396. The van der Waals surface area contributed by atoms with Crippen molar-refractivity contribution < 1.29 is 14.3 Å². The van der Waals surface area contributed by atoms with E-state index in [1.807, 2.05) is 18.3 Å². The number of hydrogen-bond donors (Lipinski definition) is 0. The number of aliphatic imine (C=N–C) groups is 1. The summed E-state index contributed by atoms with van der Waals surface area (Å²) < 4.78 is 14.4. The van der Waals surface area contributed by atoms with Gasteiger partial charge >= 0.3 is 0 Å². The van der Waals surface area contributed by atoms with Crippen LogP contribution in [0.4, 0.5) is 11.5 Å². The summed E-state index contributed by atoms with van der Waals surface area (Å²) >= 11 is 0. The maximum atomic E-state index is 10.6. The topological polar surface area (TPSA) is 94.7 Å². The van der Waals surface area contributed by atoms with Gasteiger partial charge in [-0.05, 0) is 75.6 Å². The number of isocyanates is 1. The van der Waals surface area contributed by atoms with Gasteiger partial charge in [-0.1, -0.05) is 0 Å². The molecule has 3 aromatic rings. The minimum Gasteiger partial charge on any atom is -0.375 e. The van der Waals surface area contributed by atoms with Gasteiger partial charge in [0.15, 0.2) is 11.5 Å². The summed E-state index contributed by atoms with van der Waals surface area (Å²) in [6.07, 6.45) is 12.9. The van der Waals surface area contributed by atoms with Crippen LogP contribution in [0, 0.1) is 0 Å². The molecule has 0 radical (unpaired) electrons. The van der Waals surface area contributed by atoms with Crippen LogP contribution in [-0.2, 0) is 14.3 Å². The number of hydrogen-bond acceptors (Lipinski definition) is 8. The molecule has 3 saturated heterocycles. The molecule has 2 atom stereocenters. The first kappa shape index (κ1) is 22.1. The number of benzene rings is 1. The van der Waals surface area contributed by atoms with E-state index in [9.17, 15) is 4.79 Å². The van der Waals surface area contributed by atoms with Crippen LogP contribution in [-0.4, -0.2) is 63.3 Å². The van der Waals surface area contributed by atoms with Crippen molar-refractivity contribution in [2.24, 2.45) is 4.99 Å². The van der Waals surface area contributed by atoms with Crippen molar-refractivity contribution in [3.8, 4) is 11.4 Å². The normalized spacial score (nSPS) is 29.7. The highest BCUT2D eigenvalue weighted by Crippen LogP contribution is 2.44. The van der Waals surface area contributed by atoms with E-state index in [0.29, 0.717) is 17.6 Å². The van der Waals surface area contributed by atoms with Gasteiger partial charge in [0, 0.05) is 25.3 Å². The Morgan fingerprint density at radius 1 is 1.00 bits per heavy atom. The standard InChI is InChI=1S/C27H30N6O3/c34-17-28-19-4-2-18(3-5-19)24-30-25(32-15-21-6-7-22(16-32)36-21)23-14-29-33(26(23)31-24)20-8-11-27(12-9-20)10-1-13-35-27/h2-5,14,20-22H,1,6-13,15-16H2/t20-,21?,22?,27-. The second kappa shape index (κ2) is 8.76. The van der Waals surface area contributed by atoms with Crippen LogP contribution >= 0.6 is 0 Å². The highest BCUT2D eigenvalue weighted by atomic mass is 16.5. The molecule has 2 bridgehead atoms. The van der Waals surface area contributed by atoms with Gasteiger partial charge in [-0.25, -0.2) is 19.4 Å². The number of carbonyl (C=O) groups excluding carboxylic acids is 1. The number of anilines is 1. The fourth-order valence-corrected chi connectivity index (χ4v) is 6.60. The average molecular weight is 487 g/mol. The molecule has 1 aromatic carbocycles. The van der Waals surface area contributed by atoms with Gasteiger partial charge in [-0.2, -0.15) is 10.1 Å². The van der Waals surface area contributed by atoms with E-state index >= 15 is 0 Å². The smallest absolute Gasteiger partial charge is 0.240 e. The Bertz CT molecular complexity index is 1300. The van der Waals surface area contributed by atoms with Gasteiger partial charge in [0.1, 0.15) is 5.82 Å². The molecule has 2 aromatic heterocycles. The zero-order chi connectivity index (χ0) is 24.1. The van der Waals surface area contributed by atoms with Crippen LogP contribution in [0.3, 0.4) is 0 Å². The molecule has 4 aliphatic rings. The SMILES string of the molecule is O=C=Nc1ccc(-c2nc(N3CC4CCC(C3)O4)c3cnn([C@H]4CC[C@@]5(CCCO5)CC4)c3n2)cc1. The summed E-state index contributed by atoms with van der Waals surface area (Å²) in [6, 6.07) is 7.71. The molecule has 9 nitrogen and oxygen atoms in total. The van der Waals surface area contributed by atoms with Crippen molar-refractivity contribution in [3.05, 3.63) is 30.5 Å². The Morgan fingerprint density at radius 2 is 1.78 bits per heavy atom. The average Bonchev–Trinajstić information content (AvgIpc) is 3.63. The van der Waals surface area contributed by atoms with Gasteiger partial charge in [-0.15, -0.1) is 0 Å². The Labute approximate surface area is 209 Å². The number of ether oxygens (including phenoxy) is 2. The zero-order valence-electron chi connectivity index (χ0n) is 20.3. The maximum Gasteiger partial charge on any atom is 0.240 e. The first-order chi connectivity index (χ1) is 17.7. The lowest BCUT2D eigenvalue weighted by Crippen LogP contribution is -2.43. The minimum atomic E-state index is 0.0869. The van der Waals surface area contributed by atoms with E-state index in [1.165, 1.54) is 12.8 Å². The number of nitrogens with zero attached hydrogens (tertiary/aromatic N) is 6. The first-order valence-corrected chi connectivity index (χ1v) is 13.2. The maximum absolute atomic E-state index is 10.6. The molecule has 1 saturated carbocycles. The van der Waals surface area contributed by atoms with Crippen molar-refractivity contribution in [1.82, 2.24) is 19.7 Å². The summed E-state index contributed by atoms with van der Waals surface area (Å²) in [5, 5.41) is 5.87. The summed E-state index contributed by atoms with van der Waals surface area (Å²) in [5.41, 5.74) is 2.42. The fourth-order valence-electron chi connectivity index (χ4n) is 6.60. The molecule has 4 fully saturated rings. The van der Waals surface area contributed by atoms with Crippen molar-refractivity contribution in [3.63, 3.8) is 0 Å². The van der Waals surface area contributed by atoms with Crippen molar-refractivity contribution >= 4 is 28.6 Å². The molecule has 186 valence electrons. The van der Waals surface area contributed by atoms with Gasteiger partial charge in [0.2, 0.25) is 6.08 Å². The third kappa shape index (κ3) is 3.82. The third-order valence-corrected chi connectivity index (χ3v) is 8.47. The molecule has 2 unspecified atom stereocenters. The molecule has 0 N–H and O–H groups in total. The van der Waals surface area contributed by atoms with Gasteiger partial charge in [-0.3, -0.25) is 0 Å². The van der Waals surface area contributed by atoms with Crippen molar-refractivity contribution in [2.75, 3.05) is 24.6 Å². The van der Waals surface area contributed by atoms with Crippen molar-refractivity contribution in [2.45, 2.75) is 75.2 Å². The second-order valence-electron chi connectivity index (χ2n) is 10.7. The minimum absolute atomic E-state index is 0.0869. The van der Waals surface area contributed by atoms with Crippen LogP contribution in [0.2, 0.25) is 0 Å². The Balaban J connectivity index is 1.28. The molecule has 36 heavy (non-hydrogen) atoms. The molecule has 0 amide bonds. The lowest BCUT2D eigenvalue weighted by atomic mass is 9.80. The summed E-state index contributed by atoms with van der Waals surface area (Å²) in [5.74, 6) is 1.59. The number of morpholine rings is 1. The van der Waals surface area contributed by atoms with Gasteiger partial charge in [0.25, 0.3) is 0 Å². The third-order valence-electron chi connectivity index (χ3n) is 8.47. The molecule has 9 heteroatoms. The number of rotatable bonds is 4. The molecule has 3 aliphatic heterocycles. The van der Waals surface area contributed by atoms with Crippen LogP contribution in [0.15, 0.2) is 35.5 Å². The molecular weight excluding hydrogens is 456 g/mol. The summed E-state index contributed by atoms with van der Waals surface area (Å²) in [6.45, 7) is 2.57. The zero-order valence-corrected chi connectivity index (χ0v) is 20.3. The van der Waals surface area contributed by atoms with E-state index in [-0.39, 0.29) is 17.8 Å². The summed E-state index contributed by atoms with van der Waals surface area (Å²) in [4.78, 5) is 26.8. The largest absolute Gasteiger partial charge is 0.375 e. The summed E-state index contributed by atoms with van der Waals surface area (Å²) in [7, 11) is 0. The molecular formula is C27H30N6O3. The van der Waals surface area contributed by atoms with Gasteiger partial charge in [0.05, 0.1) is 41.1 Å². The lowest BCUT2D eigenvalue weighted by Gasteiger charge is -2.36. The predicted molar refractivity (Wildman–Crippen MR) is 134 cm³/mol. The Hall–Kier alpha value is -3.13. The van der Waals surface area contributed by atoms with Crippen LogP contribution in [0.5, 0.6) is 0 Å². The Morgan fingerprint density at radius 3 is 2.47 bits per heavy atom. The van der Waals surface area contributed by atoms with E-state index in [1.54, 1.807) is 18.2 Å². The molecule has 1 spiro atoms. The molecule has 1 aliphatic carbocycles. The van der Waals surface area contributed by atoms with E-state index in [0.717, 1.165) is 80.6 Å². The van der Waals surface area contributed by atoms with Crippen molar-refractivity contribution in [1.29, 1.82) is 0 Å². The van der Waals surface area contributed by atoms with E-state index in [4.69, 9.17) is 24.5 Å². The number of aromatic nitrogens is 4. The first-order valence-electron chi connectivity index (χ1n) is 13.2. The molecule has 7 rings (SSSR count). The Kier molecular flexibility index (Phi) is 5.38. The predicted octanol–water partition coefficient (Wildman–Crippen LogP) is 4.49. The second-order valence-corrected chi connectivity index (χ2v) is 10.7. The van der Waals surface area contributed by atoms with Crippen LogP contribution in [0.1, 0.15) is 57.4 Å². The highest BCUT2D eigenvalue weighted by molar-refractivity contribution is 5.89. The molecule has 5 heterocycles. The number of fused-ring (bicyclic) bond motifs is 3. The fraction of sp³-hybridized carbons (Fsp3) is 0.556. The lowest BCUT2D eigenvalue weighted by molar-refractivity contribution is -0.0337. The van der Waals surface area contributed by atoms with Crippen LogP contribution in [0.25, 0.3) is 22.4 Å². The van der Waals surface area contributed by atoms with E-state index in [2.05, 4.69) is 14.6 Å².